The first kappa shape index (κ1) is 15.7. The van der Waals surface area contributed by atoms with Crippen LogP contribution in [0, 0.1) is 0 Å². The number of amides is 1. The Morgan fingerprint density at radius 1 is 1.48 bits per heavy atom. The predicted molar refractivity (Wildman–Crippen MR) is 85.6 cm³/mol. The van der Waals surface area contributed by atoms with Crippen molar-refractivity contribution in [3.05, 3.63) is 24.3 Å². The second kappa shape index (κ2) is 7.95. The summed E-state index contributed by atoms with van der Waals surface area (Å²) in [4.78, 5) is 12.3. The summed E-state index contributed by atoms with van der Waals surface area (Å²) in [6, 6.07) is 7.16. The number of carbonyl (C=O) groups is 1. The van der Waals surface area contributed by atoms with Crippen LogP contribution < -0.4 is 15.8 Å². The maximum absolute atomic E-state index is 12.0. The number of thiocarbonyl (C=S) groups is 1. The van der Waals surface area contributed by atoms with E-state index in [1.165, 1.54) is 0 Å². The van der Waals surface area contributed by atoms with Gasteiger partial charge in [0, 0.05) is 18.4 Å². The summed E-state index contributed by atoms with van der Waals surface area (Å²) < 4.78 is 11.0. The van der Waals surface area contributed by atoms with Crippen molar-refractivity contribution >= 4 is 28.8 Å². The van der Waals surface area contributed by atoms with Gasteiger partial charge < -0.3 is 20.5 Å². The van der Waals surface area contributed by atoms with Crippen molar-refractivity contribution in [1.82, 2.24) is 0 Å². The average Bonchev–Trinajstić information content (AvgIpc) is 2.46. The molecule has 1 aliphatic rings. The maximum atomic E-state index is 12.0. The molecule has 2 rings (SSSR count). The molecule has 0 aromatic heterocycles. The lowest BCUT2D eigenvalue weighted by molar-refractivity contribution is -0.119. The number of ether oxygens (including phenoxy) is 2. The number of nitrogens with two attached hydrogens (primary N) is 1. The van der Waals surface area contributed by atoms with E-state index in [1.807, 2.05) is 12.1 Å². The largest absolute Gasteiger partial charge is 0.486 e. The fourth-order valence-corrected chi connectivity index (χ4v) is 2.26. The second-order valence-corrected chi connectivity index (χ2v) is 5.55. The predicted octanol–water partition coefficient (Wildman–Crippen LogP) is 2.25. The smallest absolute Gasteiger partial charge is 0.226 e. The van der Waals surface area contributed by atoms with Gasteiger partial charge in [0.25, 0.3) is 0 Å². The van der Waals surface area contributed by atoms with Crippen molar-refractivity contribution in [2.24, 2.45) is 5.73 Å². The van der Waals surface area contributed by atoms with Crippen molar-refractivity contribution in [1.29, 1.82) is 0 Å². The molecule has 1 aromatic rings. The van der Waals surface area contributed by atoms with Crippen LogP contribution in [0.4, 0.5) is 5.69 Å². The molecule has 0 saturated carbocycles. The van der Waals surface area contributed by atoms with E-state index in [2.05, 4.69) is 5.32 Å². The molecule has 114 valence electrons. The van der Waals surface area contributed by atoms with Crippen LogP contribution in [-0.4, -0.2) is 30.2 Å². The van der Waals surface area contributed by atoms with E-state index in [1.54, 1.807) is 12.1 Å². The molecule has 6 heteroatoms. The van der Waals surface area contributed by atoms with Gasteiger partial charge in [-0.25, -0.2) is 0 Å². The standard InChI is InChI=1S/C15H20N2O3S/c16-14(21)10-20-12-6-3-4-11(8-12)17-15(18)9-13-5-1-2-7-19-13/h3-4,6,8,13H,1-2,5,7,9-10H2,(H2,16,21)(H,17,18). The minimum Gasteiger partial charge on any atom is -0.486 e. The number of anilines is 1. The third-order valence-corrected chi connectivity index (χ3v) is 3.30. The van der Waals surface area contributed by atoms with Gasteiger partial charge in [-0.1, -0.05) is 18.3 Å². The zero-order chi connectivity index (χ0) is 15.1. The lowest BCUT2D eigenvalue weighted by atomic mass is 10.1. The molecule has 0 spiro atoms. The Labute approximate surface area is 129 Å². The number of carbonyl (C=O) groups excluding carboxylic acids is 1. The summed E-state index contributed by atoms with van der Waals surface area (Å²) in [5.74, 6) is 0.572. The van der Waals surface area contributed by atoms with Crippen molar-refractivity contribution in [3.8, 4) is 5.75 Å². The summed E-state index contributed by atoms with van der Waals surface area (Å²) in [7, 11) is 0. The topological polar surface area (TPSA) is 73.6 Å². The number of hydrogen-bond donors (Lipinski definition) is 2. The molecule has 0 bridgehead atoms. The van der Waals surface area contributed by atoms with Crippen LogP contribution in [0.2, 0.25) is 0 Å². The van der Waals surface area contributed by atoms with E-state index >= 15 is 0 Å². The fourth-order valence-electron chi connectivity index (χ4n) is 2.21. The van der Waals surface area contributed by atoms with Gasteiger partial charge in [0.1, 0.15) is 17.3 Å². The highest BCUT2D eigenvalue weighted by molar-refractivity contribution is 7.80. The average molecular weight is 308 g/mol. The number of hydrogen-bond acceptors (Lipinski definition) is 4. The zero-order valence-electron chi connectivity index (χ0n) is 11.8. The van der Waals surface area contributed by atoms with E-state index in [0.717, 1.165) is 25.9 Å². The SMILES string of the molecule is NC(=S)COc1cccc(NC(=O)CC2CCCCO2)c1. The number of nitrogens with one attached hydrogen (secondary N) is 1. The van der Waals surface area contributed by atoms with Crippen molar-refractivity contribution in [3.63, 3.8) is 0 Å². The van der Waals surface area contributed by atoms with Crippen LogP contribution in [0.15, 0.2) is 24.3 Å². The summed E-state index contributed by atoms with van der Waals surface area (Å²) >= 11 is 4.76. The van der Waals surface area contributed by atoms with Gasteiger partial charge in [-0.2, -0.15) is 0 Å². The van der Waals surface area contributed by atoms with E-state index in [4.69, 9.17) is 27.4 Å². The van der Waals surface area contributed by atoms with Crippen LogP contribution in [-0.2, 0) is 9.53 Å². The third-order valence-electron chi connectivity index (χ3n) is 3.19. The molecule has 0 radical (unpaired) electrons. The van der Waals surface area contributed by atoms with Gasteiger partial charge in [-0.05, 0) is 31.4 Å². The quantitative estimate of drug-likeness (QED) is 0.789. The highest BCUT2D eigenvalue weighted by Gasteiger charge is 2.17. The Bertz CT molecular complexity index is 501. The minimum absolute atomic E-state index is 0.0350. The normalized spacial score (nSPS) is 18.0. The van der Waals surface area contributed by atoms with Crippen LogP contribution in [0.25, 0.3) is 0 Å². The van der Waals surface area contributed by atoms with Gasteiger partial charge in [0.15, 0.2) is 0 Å². The Hall–Kier alpha value is -1.66. The van der Waals surface area contributed by atoms with E-state index in [-0.39, 0.29) is 18.6 Å². The van der Waals surface area contributed by atoms with Crippen LogP contribution >= 0.6 is 12.2 Å². The minimum atomic E-state index is -0.0478. The maximum Gasteiger partial charge on any atom is 0.226 e. The van der Waals surface area contributed by atoms with Gasteiger partial charge in [0.05, 0.1) is 12.5 Å². The second-order valence-electron chi connectivity index (χ2n) is 5.02. The molecule has 5 nitrogen and oxygen atoms in total. The Kier molecular flexibility index (Phi) is 5.95. The van der Waals surface area contributed by atoms with Crippen LogP contribution in [0.1, 0.15) is 25.7 Å². The molecule has 1 aromatic carbocycles. The molecule has 0 aliphatic carbocycles. The summed E-state index contributed by atoms with van der Waals surface area (Å²) in [6.07, 6.45) is 3.58. The molecule has 1 unspecified atom stereocenters. The molecule has 1 aliphatic heterocycles. The Morgan fingerprint density at radius 3 is 3.05 bits per heavy atom. The molecule has 1 fully saturated rings. The molecule has 1 atom stereocenters. The van der Waals surface area contributed by atoms with Crippen molar-refractivity contribution < 1.29 is 14.3 Å². The van der Waals surface area contributed by atoms with Crippen LogP contribution in [0.5, 0.6) is 5.75 Å². The van der Waals surface area contributed by atoms with Gasteiger partial charge in [-0.3, -0.25) is 4.79 Å². The van der Waals surface area contributed by atoms with Gasteiger partial charge in [-0.15, -0.1) is 0 Å². The molecular weight excluding hydrogens is 288 g/mol. The molecule has 21 heavy (non-hydrogen) atoms. The molecule has 1 amide bonds. The van der Waals surface area contributed by atoms with E-state index in [0.29, 0.717) is 22.8 Å². The monoisotopic (exact) mass is 308 g/mol. The third kappa shape index (κ3) is 5.69. The highest BCUT2D eigenvalue weighted by Crippen LogP contribution is 2.19. The van der Waals surface area contributed by atoms with E-state index < -0.39 is 0 Å². The first-order valence-corrected chi connectivity index (χ1v) is 7.47. The zero-order valence-corrected chi connectivity index (χ0v) is 12.7. The van der Waals surface area contributed by atoms with Crippen molar-refractivity contribution in [2.75, 3.05) is 18.5 Å². The van der Waals surface area contributed by atoms with E-state index in [9.17, 15) is 4.79 Å². The summed E-state index contributed by atoms with van der Waals surface area (Å²) in [5.41, 5.74) is 6.08. The van der Waals surface area contributed by atoms with Crippen LogP contribution in [0.3, 0.4) is 0 Å². The van der Waals surface area contributed by atoms with Crippen molar-refractivity contribution in [2.45, 2.75) is 31.8 Å². The summed E-state index contributed by atoms with van der Waals surface area (Å²) in [6.45, 7) is 0.933. The molecule has 1 saturated heterocycles. The van der Waals surface area contributed by atoms with Gasteiger partial charge in [0.2, 0.25) is 5.91 Å². The highest BCUT2D eigenvalue weighted by atomic mass is 32.1. The Morgan fingerprint density at radius 2 is 2.33 bits per heavy atom. The molecular formula is C15H20N2O3S. The molecule has 3 N–H and O–H groups in total. The van der Waals surface area contributed by atoms with Gasteiger partial charge >= 0.3 is 0 Å². The fraction of sp³-hybridized carbons (Fsp3) is 0.467. The first-order valence-electron chi connectivity index (χ1n) is 7.06. The first-order chi connectivity index (χ1) is 10.1. The number of benzene rings is 1. The number of rotatable bonds is 6. The Balaban J connectivity index is 1.85. The summed E-state index contributed by atoms with van der Waals surface area (Å²) in [5, 5.41) is 2.85. The lowest BCUT2D eigenvalue weighted by Crippen LogP contribution is -2.25. The lowest BCUT2D eigenvalue weighted by Gasteiger charge is -2.22. The molecule has 1 heterocycles.